The number of carbonyl (C=O) groups excluding carboxylic acids is 1. The zero-order chi connectivity index (χ0) is 17.0. The first kappa shape index (κ1) is 17.3. The minimum Gasteiger partial charge on any atom is -0.359 e. The quantitative estimate of drug-likeness (QED) is 0.682. The third-order valence-corrected chi connectivity index (χ3v) is 4.23. The summed E-state index contributed by atoms with van der Waals surface area (Å²) in [6.07, 6.45) is 1.45. The number of rotatable bonds is 3. The molecule has 1 saturated heterocycles. The number of nitrogens with zero attached hydrogens (tertiary/aromatic N) is 3. The largest absolute Gasteiger partial charge is 0.359 e. The van der Waals surface area contributed by atoms with Gasteiger partial charge in [-0.05, 0) is 38.1 Å². The van der Waals surface area contributed by atoms with E-state index in [9.17, 15) is 10.1 Å². The number of nitriles is 1. The molecule has 0 spiro atoms. The molecule has 0 saturated carbocycles. The number of halogens is 1. The van der Waals surface area contributed by atoms with Crippen LogP contribution >= 0.6 is 11.6 Å². The van der Waals surface area contributed by atoms with Crippen LogP contribution in [0, 0.1) is 25.2 Å². The van der Waals surface area contributed by atoms with Gasteiger partial charge in [-0.25, -0.2) is 0 Å². The number of aryl methyl sites for hydroxylation is 2. The number of anilines is 1. The fraction of sp³-hybridized carbons (Fsp3) is 0.412. The maximum absolute atomic E-state index is 12.4. The van der Waals surface area contributed by atoms with Crippen LogP contribution in [0.3, 0.4) is 0 Å². The molecule has 0 unspecified atom stereocenters. The SMILES string of the molecule is Cc1cc(C)c(N/C=C(/C#N)C(=O)N2CCN(C)CC2)c(Cl)c1. The summed E-state index contributed by atoms with van der Waals surface area (Å²) in [7, 11) is 2.02. The number of carbonyl (C=O) groups is 1. The molecule has 1 aliphatic rings. The monoisotopic (exact) mass is 332 g/mol. The van der Waals surface area contributed by atoms with Crippen molar-refractivity contribution in [1.82, 2.24) is 9.80 Å². The highest BCUT2D eigenvalue weighted by Crippen LogP contribution is 2.27. The number of piperazine rings is 1. The minimum atomic E-state index is -0.242. The van der Waals surface area contributed by atoms with Crippen molar-refractivity contribution >= 4 is 23.2 Å². The molecule has 1 amide bonds. The number of hydrogen-bond donors (Lipinski definition) is 1. The Hall–Kier alpha value is -2.03. The second kappa shape index (κ2) is 7.49. The van der Waals surface area contributed by atoms with E-state index in [1.165, 1.54) is 6.20 Å². The van der Waals surface area contributed by atoms with E-state index in [-0.39, 0.29) is 11.5 Å². The lowest BCUT2D eigenvalue weighted by atomic mass is 10.1. The summed E-state index contributed by atoms with van der Waals surface area (Å²) < 4.78 is 0. The predicted molar refractivity (Wildman–Crippen MR) is 92.3 cm³/mol. The number of benzene rings is 1. The van der Waals surface area contributed by atoms with Crippen molar-refractivity contribution in [3.63, 3.8) is 0 Å². The van der Waals surface area contributed by atoms with Crippen LogP contribution < -0.4 is 5.32 Å². The molecule has 0 aliphatic carbocycles. The lowest BCUT2D eigenvalue weighted by Gasteiger charge is -2.32. The van der Waals surface area contributed by atoms with Crippen LogP contribution in [0.2, 0.25) is 5.02 Å². The zero-order valence-electron chi connectivity index (χ0n) is 13.7. The Morgan fingerprint density at radius 1 is 1.30 bits per heavy atom. The molecule has 1 aromatic rings. The third kappa shape index (κ3) is 4.25. The molecule has 5 nitrogen and oxygen atoms in total. The van der Waals surface area contributed by atoms with Crippen molar-refractivity contribution in [2.45, 2.75) is 13.8 Å². The second-order valence-electron chi connectivity index (χ2n) is 5.85. The van der Waals surface area contributed by atoms with Crippen LogP contribution in [0.5, 0.6) is 0 Å². The van der Waals surface area contributed by atoms with Crippen LogP contribution in [-0.4, -0.2) is 48.9 Å². The lowest BCUT2D eigenvalue weighted by molar-refractivity contribution is -0.128. The summed E-state index contributed by atoms with van der Waals surface area (Å²) >= 11 is 6.23. The molecular weight excluding hydrogens is 312 g/mol. The molecule has 1 heterocycles. The van der Waals surface area contributed by atoms with Crippen molar-refractivity contribution < 1.29 is 4.79 Å². The first-order chi connectivity index (χ1) is 10.9. The predicted octanol–water partition coefficient (Wildman–Crippen LogP) is 2.55. The Bertz CT molecular complexity index is 647. The van der Waals surface area contributed by atoms with Crippen LogP contribution in [0.25, 0.3) is 0 Å². The van der Waals surface area contributed by atoms with Crippen molar-refractivity contribution in [2.24, 2.45) is 0 Å². The first-order valence-corrected chi connectivity index (χ1v) is 7.91. The molecule has 23 heavy (non-hydrogen) atoms. The fourth-order valence-electron chi connectivity index (χ4n) is 2.56. The van der Waals surface area contributed by atoms with Crippen molar-refractivity contribution in [3.8, 4) is 6.07 Å². The molecular formula is C17H21ClN4O. The fourth-order valence-corrected chi connectivity index (χ4v) is 2.94. The van der Waals surface area contributed by atoms with E-state index < -0.39 is 0 Å². The minimum absolute atomic E-state index is 0.0885. The molecule has 0 radical (unpaired) electrons. The van der Waals surface area contributed by atoms with Crippen molar-refractivity contribution in [1.29, 1.82) is 5.26 Å². The Labute approximate surface area is 142 Å². The highest BCUT2D eigenvalue weighted by atomic mass is 35.5. The van der Waals surface area contributed by atoms with E-state index in [1.807, 2.05) is 39.1 Å². The van der Waals surface area contributed by atoms with Gasteiger partial charge in [0, 0.05) is 32.4 Å². The number of nitrogens with one attached hydrogen (secondary N) is 1. The van der Waals surface area contributed by atoms with Gasteiger partial charge in [0.1, 0.15) is 11.6 Å². The summed E-state index contributed by atoms with van der Waals surface area (Å²) in [5, 5.41) is 12.9. The maximum Gasteiger partial charge on any atom is 0.266 e. The van der Waals surface area contributed by atoms with Gasteiger partial charge in [0.05, 0.1) is 10.7 Å². The van der Waals surface area contributed by atoms with E-state index in [0.717, 1.165) is 29.9 Å². The molecule has 2 rings (SSSR count). The van der Waals surface area contributed by atoms with Gasteiger partial charge in [-0.1, -0.05) is 17.7 Å². The van der Waals surface area contributed by atoms with Gasteiger partial charge in [-0.2, -0.15) is 5.26 Å². The van der Waals surface area contributed by atoms with Crippen LogP contribution in [0.1, 0.15) is 11.1 Å². The average Bonchev–Trinajstić information content (AvgIpc) is 2.50. The van der Waals surface area contributed by atoms with Gasteiger partial charge >= 0.3 is 0 Å². The maximum atomic E-state index is 12.4. The van der Waals surface area contributed by atoms with E-state index in [2.05, 4.69) is 10.2 Å². The molecule has 122 valence electrons. The van der Waals surface area contributed by atoms with Gasteiger partial charge in [0.2, 0.25) is 0 Å². The van der Waals surface area contributed by atoms with E-state index in [4.69, 9.17) is 11.6 Å². The molecule has 1 fully saturated rings. The van der Waals surface area contributed by atoms with Gasteiger partial charge < -0.3 is 15.1 Å². The van der Waals surface area contributed by atoms with Crippen molar-refractivity contribution in [3.05, 3.63) is 40.1 Å². The highest BCUT2D eigenvalue weighted by molar-refractivity contribution is 6.33. The molecule has 1 aromatic carbocycles. The van der Waals surface area contributed by atoms with Gasteiger partial charge in [0.15, 0.2) is 0 Å². The lowest BCUT2D eigenvalue weighted by Crippen LogP contribution is -2.47. The van der Waals surface area contributed by atoms with Crippen LogP contribution in [0.4, 0.5) is 5.69 Å². The summed E-state index contributed by atoms with van der Waals surface area (Å²) in [5.41, 5.74) is 2.84. The standard InChI is InChI=1S/C17H21ClN4O/c1-12-8-13(2)16(15(18)9-12)20-11-14(10-19)17(23)22-6-4-21(3)5-7-22/h8-9,11,20H,4-7H2,1-3H3/b14-11-. The van der Waals surface area contributed by atoms with Gasteiger partial charge in [-0.3, -0.25) is 4.79 Å². The summed E-state index contributed by atoms with van der Waals surface area (Å²) in [4.78, 5) is 16.3. The molecule has 6 heteroatoms. The Morgan fingerprint density at radius 3 is 2.52 bits per heavy atom. The number of amides is 1. The van der Waals surface area contributed by atoms with E-state index >= 15 is 0 Å². The van der Waals surface area contributed by atoms with E-state index in [1.54, 1.807) is 4.90 Å². The number of likely N-dealkylation sites (N-methyl/N-ethyl adjacent to an activating group) is 1. The second-order valence-corrected chi connectivity index (χ2v) is 6.26. The molecule has 0 aromatic heterocycles. The van der Waals surface area contributed by atoms with Crippen molar-refractivity contribution in [2.75, 3.05) is 38.5 Å². The Morgan fingerprint density at radius 2 is 1.96 bits per heavy atom. The normalized spacial score (nSPS) is 16.1. The summed E-state index contributed by atoms with van der Waals surface area (Å²) in [5.74, 6) is -0.242. The Balaban J connectivity index is 2.14. The molecule has 0 bridgehead atoms. The third-order valence-electron chi connectivity index (χ3n) is 3.93. The van der Waals surface area contributed by atoms with E-state index in [0.29, 0.717) is 18.1 Å². The molecule has 1 N–H and O–H groups in total. The van der Waals surface area contributed by atoms with Gasteiger partial charge in [0.25, 0.3) is 5.91 Å². The molecule has 0 atom stereocenters. The molecule has 1 aliphatic heterocycles. The number of hydrogen-bond acceptors (Lipinski definition) is 4. The zero-order valence-corrected chi connectivity index (χ0v) is 14.4. The topological polar surface area (TPSA) is 59.4 Å². The smallest absolute Gasteiger partial charge is 0.266 e. The summed E-state index contributed by atoms with van der Waals surface area (Å²) in [6.45, 7) is 6.82. The average molecular weight is 333 g/mol. The van der Waals surface area contributed by atoms with Crippen LogP contribution in [0.15, 0.2) is 23.9 Å². The van der Waals surface area contributed by atoms with Gasteiger partial charge in [-0.15, -0.1) is 0 Å². The first-order valence-electron chi connectivity index (χ1n) is 7.53. The summed E-state index contributed by atoms with van der Waals surface area (Å²) in [6, 6.07) is 5.82. The highest BCUT2D eigenvalue weighted by Gasteiger charge is 2.22. The Kier molecular flexibility index (Phi) is 5.64. The van der Waals surface area contributed by atoms with Crippen LogP contribution in [-0.2, 0) is 4.79 Å².